The van der Waals surface area contributed by atoms with Gasteiger partial charge < -0.3 is 10.5 Å². The van der Waals surface area contributed by atoms with Crippen molar-refractivity contribution in [2.75, 3.05) is 18.2 Å². The molecule has 0 aliphatic carbocycles. The first-order valence-electron chi connectivity index (χ1n) is 10.7. The Morgan fingerprint density at radius 2 is 1.74 bits per heavy atom. The number of nitrogens with two attached hydrogens (primary N) is 1. The number of fused-ring (bicyclic) bond motifs is 3. The number of rotatable bonds is 3. The highest BCUT2D eigenvalue weighted by atomic mass is 16.5. The maximum atomic E-state index is 13.0. The summed E-state index contributed by atoms with van der Waals surface area (Å²) in [6.07, 6.45) is 1.25. The minimum absolute atomic E-state index is 0.146. The van der Waals surface area contributed by atoms with E-state index in [1.54, 1.807) is 22.9 Å². The summed E-state index contributed by atoms with van der Waals surface area (Å²) in [6.45, 7) is 1.93. The second-order valence-corrected chi connectivity index (χ2v) is 8.04. The van der Waals surface area contributed by atoms with E-state index in [0.29, 0.717) is 17.1 Å². The molecule has 2 aromatic heterocycles. The van der Waals surface area contributed by atoms with E-state index in [-0.39, 0.29) is 5.56 Å². The number of hydrogen-bond acceptors (Lipinski definition) is 5. The van der Waals surface area contributed by atoms with Gasteiger partial charge in [0.1, 0.15) is 0 Å². The van der Waals surface area contributed by atoms with Crippen LogP contribution in [0.4, 0.5) is 16.2 Å². The Bertz CT molecular complexity index is 1620. The number of aromatic nitrogens is 2. The number of pyridine rings is 2. The first-order valence-corrected chi connectivity index (χ1v) is 10.7. The fourth-order valence-corrected chi connectivity index (χ4v) is 4.03. The van der Waals surface area contributed by atoms with Gasteiger partial charge in [0.05, 0.1) is 23.8 Å². The first kappa shape index (κ1) is 21.2. The van der Waals surface area contributed by atoms with E-state index >= 15 is 0 Å². The van der Waals surface area contributed by atoms with Crippen molar-refractivity contribution in [3.05, 3.63) is 94.9 Å². The van der Waals surface area contributed by atoms with E-state index in [1.165, 1.54) is 7.11 Å². The molecule has 0 bridgehead atoms. The molecule has 0 unspecified atom stereocenters. The minimum atomic E-state index is -0.522. The van der Waals surface area contributed by atoms with Crippen LogP contribution in [0.1, 0.15) is 5.56 Å². The maximum absolute atomic E-state index is 13.0. The van der Waals surface area contributed by atoms with Gasteiger partial charge in [-0.25, -0.2) is 4.79 Å². The second kappa shape index (κ2) is 8.37. The molecule has 5 rings (SSSR count). The van der Waals surface area contributed by atoms with Crippen molar-refractivity contribution in [3.8, 4) is 16.8 Å². The zero-order valence-corrected chi connectivity index (χ0v) is 18.7. The number of anilines is 2. The predicted molar refractivity (Wildman–Crippen MR) is 135 cm³/mol. The molecule has 0 saturated heterocycles. The fourth-order valence-electron chi connectivity index (χ4n) is 4.03. The molecule has 2 heterocycles. The molecule has 0 atom stereocenters. The molecule has 0 aliphatic heterocycles. The molecule has 0 fully saturated rings. The Morgan fingerprint density at radius 3 is 2.47 bits per heavy atom. The van der Waals surface area contributed by atoms with E-state index in [2.05, 4.69) is 15.0 Å². The number of benzene rings is 3. The molecule has 1 amide bonds. The first-order chi connectivity index (χ1) is 16.4. The van der Waals surface area contributed by atoms with E-state index in [9.17, 15) is 9.59 Å². The number of carbonyl (C=O) groups excluding carboxylic acids is 1. The molecule has 0 aliphatic rings. The highest BCUT2D eigenvalue weighted by Gasteiger charge is 2.12. The van der Waals surface area contributed by atoms with Crippen LogP contribution in [0.15, 0.2) is 83.8 Å². The molecule has 3 N–H and O–H groups in total. The highest BCUT2D eigenvalue weighted by molar-refractivity contribution is 6.05. The van der Waals surface area contributed by atoms with Gasteiger partial charge in [0, 0.05) is 34.4 Å². The SMILES string of the molecule is COC(=O)Nc1ccc(-c2ccc3ncc4ccc(=O)n(-c5ccc(C)c(N)c5)c4c3c2)cc1. The van der Waals surface area contributed by atoms with Gasteiger partial charge in [-0.2, -0.15) is 0 Å². The van der Waals surface area contributed by atoms with Gasteiger partial charge in [-0.1, -0.05) is 24.3 Å². The molecule has 0 radical (unpaired) electrons. The molecule has 3 aromatic carbocycles. The maximum Gasteiger partial charge on any atom is 0.411 e. The predicted octanol–water partition coefficient (Wildman–Crippen LogP) is 5.27. The quantitative estimate of drug-likeness (QED) is 0.288. The monoisotopic (exact) mass is 450 g/mol. The Kier molecular flexibility index (Phi) is 5.22. The van der Waals surface area contributed by atoms with Crippen LogP contribution in [0.25, 0.3) is 38.6 Å². The van der Waals surface area contributed by atoms with Crippen LogP contribution >= 0.6 is 0 Å². The van der Waals surface area contributed by atoms with Gasteiger partial charge in [-0.05, 0) is 66.1 Å². The Balaban J connectivity index is 1.70. The van der Waals surface area contributed by atoms with Crippen molar-refractivity contribution in [3.63, 3.8) is 0 Å². The van der Waals surface area contributed by atoms with Gasteiger partial charge in [0.15, 0.2) is 0 Å². The van der Waals surface area contributed by atoms with Gasteiger partial charge in [-0.3, -0.25) is 19.7 Å². The lowest BCUT2D eigenvalue weighted by Gasteiger charge is -2.14. The largest absolute Gasteiger partial charge is 0.453 e. The molecule has 168 valence electrons. The molecule has 0 saturated carbocycles. The second-order valence-electron chi connectivity index (χ2n) is 8.04. The minimum Gasteiger partial charge on any atom is -0.453 e. The summed E-state index contributed by atoms with van der Waals surface area (Å²) in [7, 11) is 1.32. The van der Waals surface area contributed by atoms with E-state index in [1.807, 2.05) is 67.6 Å². The number of hydrogen-bond donors (Lipinski definition) is 2. The molecule has 7 heteroatoms. The number of ether oxygens (including phenoxy) is 1. The number of nitrogens with zero attached hydrogens (tertiary/aromatic N) is 2. The smallest absolute Gasteiger partial charge is 0.411 e. The van der Waals surface area contributed by atoms with Crippen molar-refractivity contribution in [2.24, 2.45) is 0 Å². The summed E-state index contributed by atoms with van der Waals surface area (Å²) < 4.78 is 6.32. The lowest BCUT2D eigenvalue weighted by molar-refractivity contribution is 0.187. The normalized spacial score (nSPS) is 11.0. The number of nitrogens with one attached hydrogen (secondary N) is 1. The Hall–Kier alpha value is -4.65. The van der Waals surface area contributed by atoms with Crippen LogP contribution in [0.5, 0.6) is 0 Å². The van der Waals surface area contributed by atoms with Crippen molar-refractivity contribution in [1.29, 1.82) is 0 Å². The van der Waals surface area contributed by atoms with Crippen molar-refractivity contribution < 1.29 is 9.53 Å². The van der Waals surface area contributed by atoms with Crippen LogP contribution in [0.3, 0.4) is 0 Å². The van der Waals surface area contributed by atoms with Crippen LogP contribution in [-0.4, -0.2) is 22.8 Å². The van der Waals surface area contributed by atoms with Gasteiger partial charge >= 0.3 is 6.09 Å². The topological polar surface area (TPSA) is 99.2 Å². The summed E-state index contributed by atoms with van der Waals surface area (Å²) in [5, 5.41) is 4.34. The lowest BCUT2D eigenvalue weighted by atomic mass is 10.0. The van der Waals surface area contributed by atoms with E-state index in [4.69, 9.17) is 5.73 Å². The summed E-state index contributed by atoms with van der Waals surface area (Å²) in [4.78, 5) is 29.1. The zero-order valence-electron chi connectivity index (χ0n) is 18.7. The third kappa shape index (κ3) is 3.73. The number of nitrogen functional groups attached to an aromatic ring is 1. The third-order valence-electron chi connectivity index (χ3n) is 5.89. The number of methoxy groups -OCH3 is 1. The molecule has 0 spiro atoms. The average Bonchev–Trinajstić information content (AvgIpc) is 2.85. The number of amides is 1. The van der Waals surface area contributed by atoms with Crippen LogP contribution < -0.4 is 16.6 Å². The summed E-state index contributed by atoms with van der Waals surface area (Å²) in [5.41, 5.74) is 12.4. The van der Waals surface area contributed by atoms with E-state index < -0.39 is 6.09 Å². The molecule has 7 nitrogen and oxygen atoms in total. The third-order valence-corrected chi connectivity index (χ3v) is 5.89. The van der Waals surface area contributed by atoms with Crippen LogP contribution in [0, 0.1) is 6.92 Å². The Labute approximate surface area is 195 Å². The fraction of sp³-hybridized carbons (Fsp3) is 0.0741. The summed E-state index contributed by atoms with van der Waals surface area (Å²) in [5.74, 6) is 0. The summed E-state index contributed by atoms with van der Waals surface area (Å²) >= 11 is 0. The number of aryl methyl sites for hydroxylation is 1. The average molecular weight is 450 g/mol. The lowest BCUT2D eigenvalue weighted by Crippen LogP contribution is -2.18. The molecule has 5 aromatic rings. The molecular formula is C27H22N4O3. The standard InChI is InChI=1S/C27H22N4O3/c1-16-3-10-21(14-23(16)28)31-25(32)12-7-19-15-29-24-11-6-18(13-22(24)26(19)31)17-4-8-20(9-5-17)30-27(33)34-2/h3-15H,28H2,1-2H3,(H,30,33). The van der Waals surface area contributed by atoms with Crippen LogP contribution in [-0.2, 0) is 4.74 Å². The van der Waals surface area contributed by atoms with Crippen LogP contribution in [0.2, 0.25) is 0 Å². The van der Waals surface area contributed by atoms with Gasteiger partial charge in [0.25, 0.3) is 5.56 Å². The molecule has 34 heavy (non-hydrogen) atoms. The van der Waals surface area contributed by atoms with E-state index in [0.717, 1.165) is 38.5 Å². The number of carbonyl (C=O) groups is 1. The zero-order chi connectivity index (χ0) is 23.8. The van der Waals surface area contributed by atoms with Crippen molar-refractivity contribution in [1.82, 2.24) is 9.55 Å². The van der Waals surface area contributed by atoms with Gasteiger partial charge in [-0.15, -0.1) is 0 Å². The van der Waals surface area contributed by atoms with Crippen molar-refractivity contribution >= 4 is 39.3 Å². The summed E-state index contributed by atoms with van der Waals surface area (Å²) in [6, 6.07) is 22.4. The van der Waals surface area contributed by atoms with Gasteiger partial charge in [0.2, 0.25) is 0 Å². The van der Waals surface area contributed by atoms with Crippen molar-refractivity contribution in [2.45, 2.75) is 6.92 Å². The Morgan fingerprint density at radius 1 is 0.971 bits per heavy atom. The molecular weight excluding hydrogens is 428 g/mol. The highest BCUT2D eigenvalue weighted by Crippen LogP contribution is 2.30.